The summed E-state index contributed by atoms with van der Waals surface area (Å²) in [5.74, 6) is -1.37. The van der Waals surface area contributed by atoms with Crippen LogP contribution >= 0.6 is 0 Å². The average molecular weight is 291 g/mol. The molecule has 1 saturated carbocycles. The van der Waals surface area contributed by atoms with Crippen molar-refractivity contribution in [2.24, 2.45) is 5.41 Å². The number of halogens is 1. The first-order valence-corrected chi connectivity index (χ1v) is 7.17. The predicted molar refractivity (Wildman–Crippen MR) is 74.3 cm³/mol. The van der Waals surface area contributed by atoms with Crippen LogP contribution in [-0.2, 0) is 15.0 Å². The van der Waals surface area contributed by atoms with E-state index in [0.717, 1.165) is 0 Å². The lowest BCUT2D eigenvalue weighted by atomic mass is 9.90. The largest absolute Gasteiger partial charge is 0.481 e. The molecule has 1 aromatic carbocycles. The van der Waals surface area contributed by atoms with Gasteiger partial charge in [0.2, 0.25) is 5.91 Å². The highest BCUT2D eigenvalue weighted by atomic mass is 19.1. The molecule has 21 heavy (non-hydrogen) atoms. The van der Waals surface area contributed by atoms with Crippen LogP contribution in [-0.4, -0.2) is 35.0 Å². The summed E-state index contributed by atoms with van der Waals surface area (Å²) in [6, 6.07) is 6.37. The molecule has 1 aromatic rings. The second-order valence-corrected chi connectivity index (χ2v) is 6.40. The summed E-state index contributed by atoms with van der Waals surface area (Å²) in [6.07, 6.45) is 1.71. The second kappa shape index (κ2) is 4.55. The van der Waals surface area contributed by atoms with Crippen LogP contribution in [0.2, 0.25) is 0 Å². The maximum atomic E-state index is 14.0. The third-order valence-electron chi connectivity index (χ3n) is 4.83. The van der Waals surface area contributed by atoms with Gasteiger partial charge in [0, 0.05) is 18.7 Å². The number of hydrogen-bond donors (Lipinski definition) is 1. The molecular formula is C16H18FNO3. The van der Waals surface area contributed by atoms with E-state index in [-0.39, 0.29) is 18.3 Å². The number of carboxylic acid groups (broad SMARTS) is 1. The summed E-state index contributed by atoms with van der Waals surface area (Å²) in [4.78, 5) is 25.6. The van der Waals surface area contributed by atoms with Gasteiger partial charge in [0.25, 0.3) is 0 Å². The minimum atomic E-state index is -0.888. The molecule has 1 heterocycles. The Morgan fingerprint density at radius 1 is 1.24 bits per heavy atom. The molecule has 0 aromatic heterocycles. The average Bonchev–Trinajstić information content (AvgIpc) is 3.15. The van der Waals surface area contributed by atoms with Crippen molar-refractivity contribution in [3.05, 3.63) is 35.6 Å². The van der Waals surface area contributed by atoms with Crippen LogP contribution in [0.1, 0.15) is 31.7 Å². The summed E-state index contributed by atoms with van der Waals surface area (Å²) >= 11 is 0. The molecule has 2 aliphatic rings. The van der Waals surface area contributed by atoms with Crippen molar-refractivity contribution in [3.8, 4) is 0 Å². The molecule has 0 spiro atoms. The number of carbonyl (C=O) groups excluding carboxylic acids is 1. The van der Waals surface area contributed by atoms with E-state index < -0.39 is 16.8 Å². The van der Waals surface area contributed by atoms with Gasteiger partial charge in [-0.3, -0.25) is 9.59 Å². The molecule has 0 bridgehead atoms. The first kappa shape index (κ1) is 14.0. The van der Waals surface area contributed by atoms with Gasteiger partial charge >= 0.3 is 5.97 Å². The fourth-order valence-electron chi connectivity index (χ4n) is 3.18. The number of carboxylic acids is 1. The molecule has 1 saturated heterocycles. The van der Waals surface area contributed by atoms with Crippen LogP contribution in [0.25, 0.3) is 0 Å². The van der Waals surface area contributed by atoms with Crippen LogP contribution in [0.3, 0.4) is 0 Å². The van der Waals surface area contributed by atoms with Gasteiger partial charge in [-0.2, -0.15) is 0 Å². The third-order valence-corrected chi connectivity index (χ3v) is 4.83. The number of likely N-dealkylation sites (tertiary alicyclic amines) is 1. The quantitative estimate of drug-likeness (QED) is 0.928. The van der Waals surface area contributed by atoms with Gasteiger partial charge in [0.1, 0.15) is 5.82 Å². The summed E-state index contributed by atoms with van der Waals surface area (Å²) in [5, 5.41) is 9.25. The summed E-state index contributed by atoms with van der Waals surface area (Å²) in [6.45, 7) is 2.29. The minimum Gasteiger partial charge on any atom is -0.481 e. The summed E-state index contributed by atoms with van der Waals surface area (Å²) in [7, 11) is 0. The standard InChI is InChI=1S/C16H18FNO3/c1-15(14(20)21)8-9-18(10-15)13(19)16(6-7-16)11-4-2-3-5-12(11)17/h2-5H,6-10H2,1H3,(H,20,21)/t15-/m1/s1. The Balaban J connectivity index is 1.84. The molecule has 1 amide bonds. The molecular weight excluding hydrogens is 273 g/mol. The topological polar surface area (TPSA) is 57.6 Å². The van der Waals surface area contributed by atoms with E-state index >= 15 is 0 Å². The van der Waals surface area contributed by atoms with Gasteiger partial charge in [0.15, 0.2) is 0 Å². The Morgan fingerprint density at radius 3 is 2.43 bits per heavy atom. The smallest absolute Gasteiger partial charge is 0.311 e. The molecule has 1 aliphatic carbocycles. The minimum absolute atomic E-state index is 0.127. The molecule has 0 unspecified atom stereocenters. The van der Waals surface area contributed by atoms with Crippen molar-refractivity contribution >= 4 is 11.9 Å². The fraction of sp³-hybridized carbons (Fsp3) is 0.500. The Hall–Kier alpha value is -1.91. The normalized spacial score (nSPS) is 26.7. The third kappa shape index (κ3) is 2.11. The van der Waals surface area contributed by atoms with Crippen LogP contribution in [0, 0.1) is 11.2 Å². The number of rotatable bonds is 3. The zero-order valence-electron chi connectivity index (χ0n) is 11.9. The fourth-order valence-corrected chi connectivity index (χ4v) is 3.18. The van der Waals surface area contributed by atoms with Gasteiger partial charge in [0.05, 0.1) is 10.8 Å². The molecule has 2 fully saturated rings. The maximum absolute atomic E-state index is 14.0. The van der Waals surface area contributed by atoms with Gasteiger partial charge in [-0.1, -0.05) is 18.2 Å². The van der Waals surface area contributed by atoms with E-state index in [1.54, 1.807) is 30.0 Å². The van der Waals surface area contributed by atoms with E-state index in [2.05, 4.69) is 0 Å². The summed E-state index contributed by atoms with van der Waals surface area (Å²) < 4.78 is 14.0. The number of hydrogen-bond acceptors (Lipinski definition) is 2. The van der Waals surface area contributed by atoms with Crippen molar-refractivity contribution in [1.82, 2.24) is 4.90 Å². The van der Waals surface area contributed by atoms with Crippen LogP contribution < -0.4 is 0 Å². The van der Waals surface area contributed by atoms with E-state index in [1.807, 2.05) is 0 Å². The Bertz CT molecular complexity index is 611. The molecule has 5 heteroatoms. The van der Waals surface area contributed by atoms with Gasteiger partial charge in [-0.15, -0.1) is 0 Å². The van der Waals surface area contributed by atoms with Crippen molar-refractivity contribution in [1.29, 1.82) is 0 Å². The Kier molecular flexibility index (Phi) is 3.04. The molecule has 1 atom stereocenters. The number of aliphatic carboxylic acids is 1. The van der Waals surface area contributed by atoms with E-state index in [4.69, 9.17) is 0 Å². The highest BCUT2D eigenvalue weighted by Crippen LogP contribution is 2.51. The number of amides is 1. The van der Waals surface area contributed by atoms with Crippen LogP contribution in [0.5, 0.6) is 0 Å². The van der Waals surface area contributed by atoms with Gasteiger partial charge < -0.3 is 10.0 Å². The Morgan fingerprint density at radius 2 is 1.90 bits per heavy atom. The van der Waals surface area contributed by atoms with Crippen molar-refractivity contribution in [2.75, 3.05) is 13.1 Å². The van der Waals surface area contributed by atoms with Crippen LogP contribution in [0.4, 0.5) is 4.39 Å². The second-order valence-electron chi connectivity index (χ2n) is 6.40. The summed E-state index contributed by atoms with van der Waals surface area (Å²) in [5.41, 5.74) is -1.21. The monoisotopic (exact) mass is 291 g/mol. The number of nitrogens with zero attached hydrogens (tertiary/aromatic N) is 1. The molecule has 1 aliphatic heterocycles. The molecule has 3 rings (SSSR count). The zero-order chi connectivity index (χ0) is 15.3. The van der Waals surface area contributed by atoms with Crippen molar-refractivity contribution in [2.45, 2.75) is 31.6 Å². The maximum Gasteiger partial charge on any atom is 0.311 e. The highest BCUT2D eigenvalue weighted by molar-refractivity contribution is 5.92. The van der Waals surface area contributed by atoms with E-state index in [9.17, 15) is 19.1 Å². The lowest BCUT2D eigenvalue weighted by Crippen LogP contribution is -2.40. The zero-order valence-corrected chi connectivity index (χ0v) is 11.9. The lowest BCUT2D eigenvalue weighted by Gasteiger charge is -2.25. The number of carbonyl (C=O) groups is 2. The SMILES string of the molecule is C[C@@]1(C(=O)O)CCN(C(=O)C2(c3ccccc3F)CC2)C1. The Labute approximate surface area is 122 Å². The van der Waals surface area contributed by atoms with Crippen LogP contribution in [0.15, 0.2) is 24.3 Å². The van der Waals surface area contributed by atoms with E-state index in [0.29, 0.717) is 31.4 Å². The molecule has 112 valence electrons. The van der Waals surface area contributed by atoms with Gasteiger partial charge in [-0.05, 0) is 32.3 Å². The predicted octanol–water partition coefficient (Wildman–Crippen LogP) is 2.18. The lowest BCUT2D eigenvalue weighted by molar-refractivity contribution is -0.147. The number of benzene rings is 1. The van der Waals surface area contributed by atoms with Gasteiger partial charge in [-0.25, -0.2) is 4.39 Å². The highest BCUT2D eigenvalue weighted by Gasteiger charge is 2.56. The molecule has 4 nitrogen and oxygen atoms in total. The van der Waals surface area contributed by atoms with Crippen molar-refractivity contribution < 1.29 is 19.1 Å². The molecule has 1 N–H and O–H groups in total. The molecule has 0 radical (unpaired) electrons. The van der Waals surface area contributed by atoms with Crippen molar-refractivity contribution in [3.63, 3.8) is 0 Å². The first-order chi connectivity index (χ1) is 9.89. The van der Waals surface area contributed by atoms with E-state index in [1.165, 1.54) is 6.07 Å². The first-order valence-electron chi connectivity index (χ1n) is 7.17.